The van der Waals surface area contributed by atoms with Gasteiger partial charge >= 0.3 is 5.97 Å². The maximum absolute atomic E-state index is 11.9. The van der Waals surface area contributed by atoms with Gasteiger partial charge in [0.2, 0.25) is 0 Å². The second kappa shape index (κ2) is 13.6. The van der Waals surface area contributed by atoms with Crippen molar-refractivity contribution in [3.63, 3.8) is 0 Å². The van der Waals surface area contributed by atoms with Gasteiger partial charge in [0.05, 0.1) is 39.1 Å². The van der Waals surface area contributed by atoms with E-state index in [2.05, 4.69) is 13.0 Å². The van der Waals surface area contributed by atoms with E-state index < -0.39 is 5.91 Å². The van der Waals surface area contributed by atoms with Crippen LogP contribution in [0.3, 0.4) is 0 Å². The van der Waals surface area contributed by atoms with Crippen LogP contribution >= 0.6 is 0 Å². The molecule has 0 aromatic heterocycles. The Morgan fingerprint density at radius 2 is 1.72 bits per heavy atom. The van der Waals surface area contributed by atoms with Gasteiger partial charge in [0, 0.05) is 24.0 Å². The van der Waals surface area contributed by atoms with Gasteiger partial charge < -0.3 is 29.4 Å². The second-order valence-corrected chi connectivity index (χ2v) is 10.4. The van der Waals surface area contributed by atoms with Gasteiger partial charge in [0.1, 0.15) is 23.0 Å². The molecule has 1 unspecified atom stereocenters. The fourth-order valence-electron chi connectivity index (χ4n) is 5.15. The van der Waals surface area contributed by atoms with E-state index in [0.717, 1.165) is 60.5 Å². The third-order valence-corrected chi connectivity index (χ3v) is 7.40. The van der Waals surface area contributed by atoms with Gasteiger partial charge in [-0.15, -0.1) is 0 Å². The molecule has 0 saturated heterocycles. The molecule has 1 aliphatic carbocycles. The lowest BCUT2D eigenvalue weighted by Gasteiger charge is -2.29. The monoisotopic (exact) mass is 539 g/mol. The fraction of sp³-hybridized carbons (Fsp3) is 0.548. The van der Waals surface area contributed by atoms with Gasteiger partial charge in [0.15, 0.2) is 0 Å². The summed E-state index contributed by atoms with van der Waals surface area (Å²) >= 11 is 0. The summed E-state index contributed by atoms with van der Waals surface area (Å²) < 4.78 is 29.1. The number of nitrogens with two attached hydrogens (primary N) is 1. The van der Waals surface area contributed by atoms with E-state index in [1.54, 1.807) is 13.2 Å². The highest BCUT2D eigenvalue weighted by Crippen LogP contribution is 2.41. The third-order valence-electron chi connectivity index (χ3n) is 7.40. The lowest BCUT2D eigenvalue weighted by atomic mass is 9.95. The van der Waals surface area contributed by atoms with E-state index in [0.29, 0.717) is 49.7 Å². The first kappa shape index (κ1) is 28.6. The van der Waals surface area contributed by atoms with Crippen LogP contribution in [-0.4, -0.2) is 45.4 Å². The normalized spacial score (nSPS) is 16.1. The van der Waals surface area contributed by atoms with Gasteiger partial charge in [0.25, 0.3) is 5.91 Å². The number of hydrogen-bond acceptors (Lipinski definition) is 7. The Balaban J connectivity index is 1.37. The minimum absolute atomic E-state index is 0.00126. The molecule has 2 aliphatic rings. The van der Waals surface area contributed by atoms with Crippen molar-refractivity contribution in [3.05, 3.63) is 46.5 Å². The Kier molecular flexibility index (Phi) is 9.96. The zero-order valence-corrected chi connectivity index (χ0v) is 23.4. The number of aryl methyl sites for hydroxylation is 1. The number of methoxy groups -OCH3 is 2. The maximum Gasteiger partial charge on any atom is 0.305 e. The Morgan fingerprint density at radius 3 is 2.36 bits per heavy atom. The van der Waals surface area contributed by atoms with Gasteiger partial charge in [-0.2, -0.15) is 0 Å². The van der Waals surface area contributed by atoms with Crippen molar-refractivity contribution in [1.29, 1.82) is 0 Å². The van der Waals surface area contributed by atoms with Crippen molar-refractivity contribution in [1.82, 2.24) is 0 Å². The molecule has 8 nitrogen and oxygen atoms in total. The summed E-state index contributed by atoms with van der Waals surface area (Å²) in [6, 6.07) is 7.63. The number of fused-ring (bicyclic) bond motifs is 1. The first-order chi connectivity index (χ1) is 18.9. The molecule has 4 rings (SSSR count). The van der Waals surface area contributed by atoms with E-state index >= 15 is 0 Å². The molecular weight excluding hydrogens is 498 g/mol. The molecule has 2 aromatic rings. The predicted octanol–water partition coefficient (Wildman–Crippen LogP) is 5.19. The summed E-state index contributed by atoms with van der Waals surface area (Å²) in [5.41, 5.74) is 9.15. The first-order valence-corrected chi connectivity index (χ1v) is 14.1. The highest BCUT2D eigenvalue weighted by atomic mass is 16.5. The highest BCUT2D eigenvalue weighted by molar-refractivity contribution is 5.96. The molecule has 0 radical (unpaired) electrons. The molecule has 1 atom stereocenters. The molecule has 1 fully saturated rings. The number of amides is 1. The number of esters is 1. The van der Waals surface area contributed by atoms with Crippen molar-refractivity contribution >= 4 is 11.9 Å². The average molecular weight is 540 g/mol. The standard InChI is InChI=1S/C31H41NO7/c1-4-6-23-26(14-10-21-9-11-22(39-29(21)23)12-16-28(33)35-2)37-17-5-18-38-27-15-13-24(31(32)34)30(36-3)25(27)19-20-7-8-20/h10,13-15,20,22H,4-9,11-12,16-19H2,1-3H3,(H2,32,34). The molecule has 1 aliphatic heterocycles. The lowest BCUT2D eigenvalue weighted by Crippen LogP contribution is -2.25. The van der Waals surface area contributed by atoms with E-state index in [1.807, 2.05) is 12.1 Å². The zero-order chi connectivity index (χ0) is 27.8. The number of rotatable bonds is 15. The molecule has 1 saturated carbocycles. The summed E-state index contributed by atoms with van der Waals surface area (Å²) in [4.78, 5) is 23.5. The summed E-state index contributed by atoms with van der Waals surface area (Å²) in [5, 5.41) is 0. The Bertz CT molecular complexity index is 1160. The lowest BCUT2D eigenvalue weighted by molar-refractivity contribution is -0.141. The van der Waals surface area contributed by atoms with Crippen LogP contribution in [-0.2, 0) is 28.8 Å². The average Bonchev–Trinajstić information content (AvgIpc) is 3.76. The predicted molar refractivity (Wildman–Crippen MR) is 148 cm³/mol. The van der Waals surface area contributed by atoms with Crippen LogP contribution in [0.4, 0.5) is 0 Å². The molecule has 1 heterocycles. The molecule has 39 heavy (non-hydrogen) atoms. The molecule has 1 amide bonds. The van der Waals surface area contributed by atoms with Crippen LogP contribution in [0.2, 0.25) is 0 Å². The number of hydrogen-bond donors (Lipinski definition) is 1. The van der Waals surface area contributed by atoms with Crippen LogP contribution in [0, 0.1) is 5.92 Å². The maximum atomic E-state index is 11.9. The Morgan fingerprint density at radius 1 is 1.00 bits per heavy atom. The first-order valence-electron chi connectivity index (χ1n) is 14.1. The number of primary amides is 1. The van der Waals surface area contributed by atoms with Crippen molar-refractivity contribution in [2.24, 2.45) is 11.7 Å². The Hall–Kier alpha value is -3.42. The molecule has 0 spiro atoms. The van der Waals surface area contributed by atoms with E-state index in [9.17, 15) is 9.59 Å². The van der Waals surface area contributed by atoms with Crippen molar-refractivity contribution < 1.29 is 33.3 Å². The van der Waals surface area contributed by atoms with Gasteiger partial charge in [-0.05, 0) is 74.6 Å². The van der Waals surface area contributed by atoms with Crippen LogP contribution in [0.5, 0.6) is 23.0 Å². The van der Waals surface area contributed by atoms with Crippen LogP contribution in [0.25, 0.3) is 0 Å². The molecule has 212 valence electrons. The van der Waals surface area contributed by atoms with Gasteiger partial charge in [-0.3, -0.25) is 9.59 Å². The zero-order valence-electron chi connectivity index (χ0n) is 23.4. The minimum Gasteiger partial charge on any atom is -0.495 e. The van der Waals surface area contributed by atoms with E-state index in [-0.39, 0.29) is 12.1 Å². The Labute approximate surface area is 231 Å². The molecular formula is C31H41NO7. The number of ether oxygens (including phenoxy) is 5. The SMILES string of the molecule is CCCc1c(OCCCOc2ccc(C(N)=O)c(OC)c2CC2CC2)ccc2c1OC(CCC(=O)OC)CC2. The molecule has 0 bridgehead atoms. The summed E-state index contributed by atoms with van der Waals surface area (Å²) in [5.74, 6) is 2.89. The third kappa shape index (κ3) is 7.37. The minimum atomic E-state index is -0.504. The molecule has 8 heteroatoms. The number of carbonyl (C=O) groups is 2. The highest BCUT2D eigenvalue weighted by Gasteiger charge is 2.28. The molecule has 2 N–H and O–H groups in total. The summed E-state index contributed by atoms with van der Waals surface area (Å²) in [7, 11) is 2.98. The van der Waals surface area contributed by atoms with Gasteiger partial charge in [-0.1, -0.05) is 19.4 Å². The fourth-order valence-corrected chi connectivity index (χ4v) is 5.15. The van der Waals surface area contributed by atoms with E-state index in [1.165, 1.54) is 25.5 Å². The van der Waals surface area contributed by atoms with Crippen molar-refractivity contribution in [2.75, 3.05) is 27.4 Å². The summed E-state index contributed by atoms with van der Waals surface area (Å²) in [6.45, 7) is 3.11. The smallest absolute Gasteiger partial charge is 0.305 e. The quantitative estimate of drug-likeness (QED) is 0.245. The van der Waals surface area contributed by atoms with Crippen LogP contribution in [0.15, 0.2) is 24.3 Å². The molecule has 2 aromatic carbocycles. The topological polar surface area (TPSA) is 106 Å². The van der Waals surface area contributed by atoms with Gasteiger partial charge in [-0.25, -0.2) is 0 Å². The number of benzene rings is 2. The largest absolute Gasteiger partial charge is 0.495 e. The van der Waals surface area contributed by atoms with Crippen molar-refractivity contribution in [2.45, 2.75) is 77.2 Å². The van der Waals surface area contributed by atoms with E-state index in [4.69, 9.17) is 29.4 Å². The second-order valence-electron chi connectivity index (χ2n) is 10.4. The van der Waals surface area contributed by atoms with Crippen LogP contribution in [0.1, 0.15) is 78.9 Å². The van der Waals surface area contributed by atoms with Crippen LogP contribution < -0.4 is 24.7 Å². The number of carbonyl (C=O) groups excluding carboxylic acids is 2. The summed E-state index contributed by atoms with van der Waals surface area (Å²) in [6.07, 6.45) is 8.49. The van der Waals surface area contributed by atoms with Crippen molar-refractivity contribution in [3.8, 4) is 23.0 Å².